The van der Waals surface area contributed by atoms with Crippen LogP contribution in [0.25, 0.3) is 5.65 Å². The van der Waals surface area contributed by atoms with Crippen molar-refractivity contribution >= 4 is 17.2 Å². The Balaban J connectivity index is 1.30. The van der Waals surface area contributed by atoms with Crippen molar-refractivity contribution in [1.82, 2.24) is 29.4 Å². The van der Waals surface area contributed by atoms with Crippen LogP contribution in [0.5, 0.6) is 5.88 Å². The second-order valence-electron chi connectivity index (χ2n) is 9.57. The Morgan fingerprint density at radius 2 is 1.84 bits per heavy atom. The zero-order chi connectivity index (χ0) is 26.6. The zero-order valence-corrected chi connectivity index (χ0v) is 22.2. The summed E-state index contributed by atoms with van der Waals surface area (Å²) in [5, 5.41) is 7.38. The second kappa shape index (κ2) is 11.0. The Kier molecular flexibility index (Phi) is 7.36. The molecule has 5 rings (SSSR count). The highest BCUT2D eigenvalue weighted by Gasteiger charge is 2.15. The average Bonchev–Trinajstić information content (AvgIpc) is 3.33. The molecule has 1 amide bonds. The minimum atomic E-state index is -0.229. The van der Waals surface area contributed by atoms with Gasteiger partial charge in [0.05, 0.1) is 24.6 Å². The van der Waals surface area contributed by atoms with E-state index in [4.69, 9.17) is 4.74 Å². The molecule has 1 fully saturated rings. The highest BCUT2D eigenvalue weighted by Crippen LogP contribution is 2.19. The number of anilines is 1. The van der Waals surface area contributed by atoms with Gasteiger partial charge in [-0.15, -0.1) is 5.10 Å². The number of carbonyl (C=O) groups excluding carboxylic acids is 1. The fourth-order valence-corrected chi connectivity index (χ4v) is 4.37. The van der Waals surface area contributed by atoms with E-state index in [0.717, 1.165) is 49.7 Å². The Morgan fingerprint density at radius 1 is 1.03 bits per heavy atom. The van der Waals surface area contributed by atoms with Gasteiger partial charge in [-0.1, -0.05) is 12.0 Å². The molecule has 0 spiro atoms. The predicted molar refractivity (Wildman–Crippen MR) is 146 cm³/mol. The quantitative estimate of drug-likeness (QED) is 0.414. The SMILES string of the molecule is COc1ccc2ncc(C#Cc3cc(C(=O)Nc4ccc(CN5CCN(C)CC5)c(C)c4)cnc3C)n2n1. The van der Waals surface area contributed by atoms with Crippen molar-refractivity contribution in [3.05, 3.63) is 82.4 Å². The fourth-order valence-electron chi connectivity index (χ4n) is 4.37. The maximum absolute atomic E-state index is 13.0. The van der Waals surface area contributed by atoms with Crippen molar-refractivity contribution in [3.8, 4) is 17.7 Å². The summed E-state index contributed by atoms with van der Waals surface area (Å²) in [4.78, 5) is 26.6. The number of benzene rings is 1. The Morgan fingerprint density at radius 3 is 2.61 bits per heavy atom. The van der Waals surface area contributed by atoms with Crippen LogP contribution in [0.1, 0.15) is 38.4 Å². The maximum atomic E-state index is 13.0. The molecule has 3 aromatic heterocycles. The van der Waals surface area contributed by atoms with Gasteiger partial charge >= 0.3 is 0 Å². The lowest BCUT2D eigenvalue weighted by molar-refractivity contribution is 0.102. The van der Waals surface area contributed by atoms with Crippen LogP contribution >= 0.6 is 0 Å². The van der Waals surface area contributed by atoms with E-state index in [1.807, 2.05) is 25.1 Å². The van der Waals surface area contributed by atoms with E-state index in [-0.39, 0.29) is 5.91 Å². The monoisotopic (exact) mass is 509 g/mol. The number of nitrogens with zero attached hydrogens (tertiary/aromatic N) is 6. The van der Waals surface area contributed by atoms with Crippen LogP contribution in [-0.4, -0.2) is 75.6 Å². The van der Waals surface area contributed by atoms with Gasteiger partial charge in [-0.05, 0) is 62.2 Å². The molecule has 0 saturated carbocycles. The Labute approximate surface area is 222 Å². The van der Waals surface area contributed by atoms with Crippen LogP contribution in [0.15, 0.2) is 48.8 Å². The number of amides is 1. The first-order valence-electron chi connectivity index (χ1n) is 12.6. The van der Waals surface area contributed by atoms with Crippen LogP contribution in [0, 0.1) is 25.7 Å². The van der Waals surface area contributed by atoms with E-state index in [1.54, 1.807) is 36.2 Å². The number of aryl methyl sites for hydroxylation is 2. The van der Waals surface area contributed by atoms with Gasteiger partial charge in [0.2, 0.25) is 5.88 Å². The largest absolute Gasteiger partial charge is 0.480 e. The fraction of sp³-hybridized carbons (Fsp3) is 0.310. The molecule has 9 heteroatoms. The number of likely N-dealkylation sites (N-methyl/N-ethyl adjacent to an activating group) is 1. The second-order valence-corrected chi connectivity index (χ2v) is 9.57. The van der Waals surface area contributed by atoms with Crippen molar-refractivity contribution in [2.24, 2.45) is 0 Å². The third kappa shape index (κ3) is 5.67. The van der Waals surface area contributed by atoms with Gasteiger partial charge in [-0.2, -0.15) is 0 Å². The average molecular weight is 510 g/mol. The molecule has 0 atom stereocenters. The summed E-state index contributed by atoms with van der Waals surface area (Å²) in [5.74, 6) is 6.46. The lowest BCUT2D eigenvalue weighted by Crippen LogP contribution is -2.43. The molecule has 1 N–H and O–H groups in total. The first kappa shape index (κ1) is 25.4. The molecule has 4 aromatic rings. The summed E-state index contributed by atoms with van der Waals surface area (Å²) in [6.45, 7) is 9.21. The summed E-state index contributed by atoms with van der Waals surface area (Å²) in [5.41, 5.74) is 6.32. The smallest absolute Gasteiger partial charge is 0.257 e. The minimum Gasteiger partial charge on any atom is -0.480 e. The number of fused-ring (bicyclic) bond motifs is 1. The number of piperazine rings is 1. The minimum absolute atomic E-state index is 0.229. The van der Waals surface area contributed by atoms with Gasteiger partial charge in [0.25, 0.3) is 5.91 Å². The van der Waals surface area contributed by atoms with E-state index in [0.29, 0.717) is 28.3 Å². The molecular formula is C29H31N7O2. The van der Waals surface area contributed by atoms with Gasteiger partial charge in [0.1, 0.15) is 5.69 Å². The van der Waals surface area contributed by atoms with Crippen molar-refractivity contribution in [1.29, 1.82) is 0 Å². The molecule has 38 heavy (non-hydrogen) atoms. The normalized spacial score (nSPS) is 14.2. The van der Waals surface area contributed by atoms with Gasteiger partial charge in [-0.3, -0.25) is 14.7 Å². The van der Waals surface area contributed by atoms with E-state index >= 15 is 0 Å². The highest BCUT2D eigenvalue weighted by atomic mass is 16.5. The third-order valence-corrected chi connectivity index (χ3v) is 6.81. The summed E-state index contributed by atoms with van der Waals surface area (Å²) < 4.78 is 6.83. The van der Waals surface area contributed by atoms with Crippen molar-refractivity contribution in [3.63, 3.8) is 0 Å². The molecule has 0 radical (unpaired) electrons. The van der Waals surface area contributed by atoms with Crippen LogP contribution in [0.4, 0.5) is 5.69 Å². The van der Waals surface area contributed by atoms with E-state index in [9.17, 15) is 4.79 Å². The van der Waals surface area contributed by atoms with E-state index < -0.39 is 0 Å². The molecule has 1 aliphatic rings. The molecule has 1 saturated heterocycles. The molecule has 0 aliphatic carbocycles. The van der Waals surface area contributed by atoms with Gasteiger partial charge in [-0.25, -0.2) is 9.50 Å². The van der Waals surface area contributed by atoms with Crippen LogP contribution in [0.2, 0.25) is 0 Å². The lowest BCUT2D eigenvalue weighted by Gasteiger charge is -2.32. The van der Waals surface area contributed by atoms with Crippen LogP contribution < -0.4 is 10.1 Å². The summed E-state index contributed by atoms with van der Waals surface area (Å²) >= 11 is 0. The zero-order valence-electron chi connectivity index (χ0n) is 22.2. The Hall–Kier alpha value is -4.26. The molecule has 1 aliphatic heterocycles. The highest BCUT2D eigenvalue weighted by molar-refractivity contribution is 6.04. The standard InChI is InChI=1S/C29H31N7O2/c1-20-15-25(7-5-23(20)19-35-13-11-34(3)12-14-35)32-29(37)24-16-22(21(2)30-17-24)6-8-26-18-31-27-9-10-28(38-4)33-36(26)27/h5,7,9-10,15-18H,11-14,19H2,1-4H3,(H,32,37). The molecule has 1 aromatic carbocycles. The van der Waals surface area contributed by atoms with Crippen molar-refractivity contribution in [2.45, 2.75) is 20.4 Å². The molecule has 194 valence electrons. The summed E-state index contributed by atoms with van der Waals surface area (Å²) in [6.07, 6.45) is 3.23. The number of rotatable bonds is 5. The molecule has 0 bridgehead atoms. The molecule has 4 heterocycles. The van der Waals surface area contributed by atoms with Crippen molar-refractivity contribution in [2.75, 3.05) is 45.7 Å². The molecule has 9 nitrogen and oxygen atoms in total. The topological polar surface area (TPSA) is 87.9 Å². The summed E-state index contributed by atoms with van der Waals surface area (Å²) in [7, 11) is 3.72. The molecular weight excluding hydrogens is 478 g/mol. The number of carbonyl (C=O) groups is 1. The number of nitrogens with one attached hydrogen (secondary N) is 1. The van der Waals surface area contributed by atoms with E-state index in [2.05, 4.69) is 62.1 Å². The first-order valence-corrected chi connectivity index (χ1v) is 12.6. The predicted octanol–water partition coefficient (Wildman–Crippen LogP) is 3.15. The number of aromatic nitrogens is 4. The van der Waals surface area contributed by atoms with E-state index in [1.165, 1.54) is 5.56 Å². The third-order valence-electron chi connectivity index (χ3n) is 6.81. The Bertz CT molecular complexity index is 1540. The number of methoxy groups -OCH3 is 1. The number of hydrogen-bond acceptors (Lipinski definition) is 7. The van der Waals surface area contributed by atoms with Gasteiger partial charge < -0.3 is 15.0 Å². The first-order chi connectivity index (χ1) is 18.4. The van der Waals surface area contributed by atoms with Gasteiger partial charge in [0.15, 0.2) is 5.65 Å². The number of pyridine rings is 1. The lowest BCUT2D eigenvalue weighted by atomic mass is 10.1. The number of ether oxygens (including phenoxy) is 1. The van der Waals surface area contributed by atoms with Crippen LogP contribution in [0.3, 0.4) is 0 Å². The summed E-state index contributed by atoms with van der Waals surface area (Å²) in [6, 6.07) is 11.4. The van der Waals surface area contributed by atoms with Crippen LogP contribution in [-0.2, 0) is 6.54 Å². The van der Waals surface area contributed by atoms with Gasteiger partial charge in [0, 0.05) is 56.2 Å². The molecule has 0 unspecified atom stereocenters. The maximum Gasteiger partial charge on any atom is 0.257 e. The number of hydrogen-bond donors (Lipinski definition) is 1. The number of imidazole rings is 1. The van der Waals surface area contributed by atoms with Crippen molar-refractivity contribution < 1.29 is 9.53 Å².